The number of carbonyl (C=O) groups excluding carboxylic acids is 1. The van der Waals surface area contributed by atoms with Crippen LogP contribution in [-0.4, -0.2) is 42.0 Å². The number of methoxy groups -OCH3 is 2. The number of carbonyl (C=O) groups is 1. The van der Waals surface area contributed by atoms with Crippen LogP contribution in [0, 0.1) is 6.92 Å². The number of benzene rings is 2. The van der Waals surface area contributed by atoms with E-state index in [1.165, 1.54) is 0 Å². The number of pyridine rings is 1. The van der Waals surface area contributed by atoms with Gasteiger partial charge in [0.25, 0.3) is 5.91 Å². The number of aromatic nitrogens is 3. The Morgan fingerprint density at radius 3 is 2.56 bits per heavy atom. The fourth-order valence-electron chi connectivity index (χ4n) is 3.35. The van der Waals surface area contributed by atoms with Crippen LogP contribution in [0.25, 0.3) is 11.3 Å². The van der Waals surface area contributed by atoms with Gasteiger partial charge in [0.1, 0.15) is 5.69 Å². The van der Waals surface area contributed by atoms with Crippen molar-refractivity contribution in [2.45, 2.75) is 13.3 Å². The molecule has 2 aromatic carbocycles. The standard InChI is InChI=1S/C25H24N4O5/c1-16-24(29-34-28-16)25(30)26-19-7-4-6-18(15-19)20-8-5-9-23(27-20)33-13-12-17-10-11-21(31-2)22(14-17)32-3/h4-11,14-15H,12-13H2,1-3H3,(H,26,30). The van der Waals surface area contributed by atoms with E-state index in [4.69, 9.17) is 14.2 Å². The monoisotopic (exact) mass is 460 g/mol. The Morgan fingerprint density at radius 1 is 0.971 bits per heavy atom. The molecule has 0 radical (unpaired) electrons. The van der Waals surface area contributed by atoms with Gasteiger partial charge < -0.3 is 19.5 Å². The van der Waals surface area contributed by atoms with E-state index in [0.717, 1.165) is 16.8 Å². The minimum atomic E-state index is -0.392. The molecule has 0 bridgehead atoms. The number of hydrogen-bond acceptors (Lipinski definition) is 8. The largest absolute Gasteiger partial charge is 0.493 e. The zero-order chi connectivity index (χ0) is 23.9. The van der Waals surface area contributed by atoms with Gasteiger partial charge in [-0.05, 0) is 48.0 Å². The molecule has 0 saturated heterocycles. The number of ether oxygens (including phenoxy) is 3. The van der Waals surface area contributed by atoms with Crippen LogP contribution in [0.2, 0.25) is 0 Å². The second-order valence-electron chi connectivity index (χ2n) is 7.38. The molecule has 9 heteroatoms. The van der Waals surface area contributed by atoms with E-state index in [-0.39, 0.29) is 5.69 Å². The molecule has 2 heterocycles. The summed E-state index contributed by atoms with van der Waals surface area (Å²) in [5.41, 5.74) is 3.79. The van der Waals surface area contributed by atoms with Crippen molar-refractivity contribution in [1.29, 1.82) is 0 Å². The molecule has 1 amide bonds. The van der Waals surface area contributed by atoms with E-state index in [0.29, 0.717) is 41.8 Å². The number of aryl methyl sites for hydroxylation is 1. The number of hydrogen-bond donors (Lipinski definition) is 1. The lowest BCUT2D eigenvalue weighted by molar-refractivity contribution is 0.101. The van der Waals surface area contributed by atoms with E-state index < -0.39 is 5.91 Å². The summed E-state index contributed by atoms with van der Waals surface area (Å²) in [7, 11) is 3.22. The molecule has 0 spiro atoms. The highest BCUT2D eigenvalue weighted by Crippen LogP contribution is 2.28. The predicted octanol–water partition coefficient (Wildman–Crippen LogP) is 4.33. The van der Waals surface area contributed by atoms with Crippen LogP contribution < -0.4 is 19.5 Å². The first kappa shape index (κ1) is 22.8. The molecule has 4 rings (SSSR count). The summed E-state index contributed by atoms with van der Waals surface area (Å²) in [6.07, 6.45) is 0.685. The normalized spacial score (nSPS) is 10.6. The fraction of sp³-hybridized carbons (Fsp3) is 0.200. The Morgan fingerprint density at radius 2 is 1.79 bits per heavy atom. The second kappa shape index (κ2) is 10.5. The minimum absolute atomic E-state index is 0.147. The van der Waals surface area contributed by atoms with Crippen LogP contribution in [0.1, 0.15) is 21.7 Å². The molecule has 0 aliphatic carbocycles. The van der Waals surface area contributed by atoms with Crippen LogP contribution in [-0.2, 0) is 6.42 Å². The van der Waals surface area contributed by atoms with Gasteiger partial charge in [0, 0.05) is 23.7 Å². The van der Waals surface area contributed by atoms with E-state index in [2.05, 4.69) is 25.2 Å². The van der Waals surface area contributed by atoms with Gasteiger partial charge in [-0.3, -0.25) is 4.79 Å². The zero-order valence-corrected chi connectivity index (χ0v) is 19.1. The third-order valence-corrected chi connectivity index (χ3v) is 5.10. The third-order valence-electron chi connectivity index (χ3n) is 5.10. The van der Waals surface area contributed by atoms with Gasteiger partial charge in [0.05, 0.1) is 26.5 Å². The van der Waals surface area contributed by atoms with Crippen molar-refractivity contribution >= 4 is 11.6 Å². The summed E-state index contributed by atoms with van der Waals surface area (Å²) in [4.78, 5) is 17.0. The molecule has 0 atom stereocenters. The minimum Gasteiger partial charge on any atom is -0.493 e. The van der Waals surface area contributed by atoms with Gasteiger partial charge in [-0.2, -0.15) is 0 Å². The molecule has 9 nitrogen and oxygen atoms in total. The molecule has 0 aliphatic heterocycles. The quantitative estimate of drug-likeness (QED) is 0.393. The predicted molar refractivity (Wildman–Crippen MR) is 125 cm³/mol. The van der Waals surface area contributed by atoms with Crippen LogP contribution in [0.15, 0.2) is 65.3 Å². The number of anilines is 1. The third kappa shape index (κ3) is 5.32. The zero-order valence-electron chi connectivity index (χ0n) is 19.1. The van der Waals surface area contributed by atoms with Crippen molar-refractivity contribution in [3.8, 4) is 28.6 Å². The van der Waals surface area contributed by atoms with Crippen molar-refractivity contribution in [3.05, 3.63) is 77.6 Å². The van der Waals surface area contributed by atoms with Gasteiger partial charge in [-0.25, -0.2) is 9.61 Å². The summed E-state index contributed by atoms with van der Waals surface area (Å²) >= 11 is 0. The van der Waals surface area contributed by atoms with Gasteiger partial charge in [0.2, 0.25) is 5.88 Å². The van der Waals surface area contributed by atoms with E-state index in [9.17, 15) is 4.79 Å². The highest BCUT2D eigenvalue weighted by molar-refractivity contribution is 6.03. The Bertz CT molecular complexity index is 1290. The van der Waals surface area contributed by atoms with Crippen molar-refractivity contribution in [2.24, 2.45) is 0 Å². The number of nitrogens with zero attached hydrogens (tertiary/aromatic N) is 3. The summed E-state index contributed by atoms with van der Waals surface area (Å²) in [6.45, 7) is 2.11. The molecule has 34 heavy (non-hydrogen) atoms. The number of nitrogens with one attached hydrogen (secondary N) is 1. The number of rotatable bonds is 9. The maximum Gasteiger partial charge on any atom is 0.279 e. The molecule has 0 aliphatic rings. The highest BCUT2D eigenvalue weighted by Gasteiger charge is 2.15. The molecule has 174 valence electrons. The maximum absolute atomic E-state index is 12.4. The molecule has 4 aromatic rings. The van der Waals surface area contributed by atoms with Crippen molar-refractivity contribution in [2.75, 3.05) is 26.1 Å². The summed E-state index contributed by atoms with van der Waals surface area (Å²) in [6, 6.07) is 18.7. The van der Waals surface area contributed by atoms with Gasteiger partial charge in [-0.15, -0.1) is 0 Å². The van der Waals surface area contributed by atoms with Gasteiger partial charge in [0.15, 0.2) is 17.2 Å². The summed E-state index contributed by atoms with van der Waals surface area (Å²) < 4.78 is 21.1. The van der Waals surface area contributed by atoms with Crippen LogP contribution >= 0.6 is 0 Å². The first-order chi connectivity index (χ1) is 16.6. The van der Waals surface area contributed by atoms with Crippen molar-refractivity contribution in [1.82, 2.24) is 15.3 Å². The molecule has 0 unspecified atom stereocenters. The maximum atomic E-state index is 12.4. The second-order valence-corrected chi connectivity index (χ2v) is 7.38. The fourth-order valence-corrected chi connectivity index (χ4v) is 3.35. The topological polar surface area (TPSA) is 109 Å². The summed E-state index contributed by atoms with van der Waals surface area (Å²) in [5.74, 6) is 1.49. The first-order valence-corrected chi connectivity index (χ1v) is 10.6. The SMILES string of the molecule is COc1ccc(CCOc2cccc(-c3cccc(NC(=O)c4nonc4C)c3)n2)cc1OC. The Kier molecular flexibility index (Phi) is 7.02. The average Bonchev–Trinajstić information content (AvgIpc) is 3.30. The molecule has 0 saturated carbocycles. The van der Waals surface area contributed by atoms with E-state index in [1.807, 2.05) is 54.6 Å². The van der Waals surface area contributed by atoms with Crippen LogP contribution in [0.5, 0.6) is 17.4 Å². The van der Waals surface area contributed by atoms with Gasteiger partial charge >= 0.3 is 0 Å². The van der Waals surface area contributed by atoms with Gasteiger partial charge in [-0.1, -0.05) is 29.4 Å². The average molecular weight is 460 g/mol. The summed E-state index contributed by atoms with van der Waals surface area (Å²) in [5, 5.41) is 10.1. The lowest BCUT2D eigenvalue weighted by Crippen LogP contribution is -2.13. The van der Waals surface area contributed by atoms with E-state index >= 15 is 0 Å². The Balaban J connectivity index is 1.41. The molecule has 0 fully saturated rings. The van der Waals surface area contributed by atoms with Crippen LogP contribution in [0.3, 0.4) is 0 Å². The molecular weight excluding hydrogens is 436 g/mol. The molecule has 2 aromatic heterocycles. The lowest BCUT2D eigenvalue weighted by Gasteiger charge is -2.11. The Labute approximate surface area is 196 Å². The van der Waals surface area contributed by atoms with Crippen molar-refractivity contribution in [3.63, 3.8) is 0 Å². The molecular formula is C25H24N4O5. The lowest BCUT2D eigenvalue weighted by atomic mass is 10.1. The smallest absolute Gasteiger partial charge is 0.279 e. The van der Waals surface area contributed by atoms with Crippen molar-refractivity contribution < 1.29 is 23.6 Å². The Hall–Kier alpha value is -4.40. The highest BCUT2D eigenvalue weighted by atomic mass is 16.6. The van der Waals surface area contributed by atoms with E-state index in [1.54, 1.807) is 27.2 Å². The first-order valence-electron chi connectivity index (χ1n) is 10.6. The van der Waals surface area contributed by atoms with Crippen LogP contribution in [0.4, 0.5) is 5.69 Å². The molecule has 1 N–H and O–H groups in total. The number of amides is 1.